The highest BCUT2D eigenvalue weighted by atomic mass is 35.5. The summed E-state index contributed by atoms with van der Waals surface area (Å²) in [6.07, 6.45) is 4.22. The van der Waals surface area contributed by atoms with Gasteiger partial charge in [-0.15, -0.1) is 24.2 Å². The third-order valence-corrected chi connectivity index (χ3v) is 5.38. The number of hydrogen-bond acceptors (Lipinski definition) is 4. The molecule has 1 aliphatic heterocycles. The SMILES string of the molecule is Cl.Cn1ccnc1C1CNCCN1C(=O)CCSc1ccc(Cl)cc1. The van der Waals surface area contributed by atoms with E-state index in [1.807, 2.05) is 47.0 Å². The largest absolute Gasteiger partial charge is 0.336 e. The van der Waals surface area contributed by atoms with E-state index in [1.165, 1.54) is 0 Å². The van der Waals surface area contributed by atoms with Crippen molar-refractivity contribution < 1.29 is 4.79 Å². The maximum atomic E-state index is 12.7. The Balaban J connectivity index is 0.00000225. The van der Waals surface area contributed by atoms with E-state index < -0.39 is 0 Å². The summed E-state index contributed by atoms with van der Waals surface area (Å²) in [6, 6.07) is 7.72. The first kappa shape index (κ1) is 20.1. The predicted octanol–water partition coefficient (Wildman–Crippen LogP) is 3.15. The van der Waals surface area contributed by atoms with Gasteiger partial charge in [0.2, 0.25) is 5.91 Å². The van der Waals surface area contributed by atoms with Crippen molar-refractivity contribution in [3.63, 3.8) is 0 Å². The molecule has 1 aliphatic rings. The summed E-state index contributed by atoms with van der Waals surface area (Å²) in [5.74, 6) is 1.88. The molecular formula is C17H22Cl2N4OS. The fourth-order valence-corrected chi connectivity index (χ4v) is 3.83. The Morgan fingerprint density at radius 3 is 2.84 bits per heavy atom. The molecule has 2 aromatic rings. The van der Waals surface area contributed by atoms with Crippen molar-refractivity contribution in [1.29, 1.82) is 0 Å². The molecule has 1 N–H and O–H groups in total. The van der Waals surface area contributed by atoms with Crippen LogP contribution in [-0.4, -0.2) is 45.7 Å². The lowest BCUT2D eigenvalue weighted by molar-refractivity contribution is -0.134. The van der Waals surface area contributed by atoms with Gasteiger partial charge in [0.15, 0.2) is 0 Å². The molecule has 8 heteroatoms. The molecule has 1 aromatic heterocycles. The predicted molar refractivity (Wildman–Crippen MR) is 105 cm³/mol. The van der Waals surface area contributed by atoms with Crippen LogP contribution in [0.25, 0.3) is 0 Å². The Labute approximate surface area is 163 Å². The molecule has 1 saturated heterocycles. The van der Waals surface area contributed by atoms with Crippen molar-refractivity contribution in [3.05, 3.63) is 47.5 Å². The van der Waals surface area contributed by atoms with Crippen LogP contribution in [0, 0.1) is 0 Å². The maximum absolute atomic E-state index is 12.7. The summed E-state index contributed by atoms with van der Waals surface area (Å²) < 4.78 is 1.99. The summed E-state index contributed by atoms with van der Waals surface area (Å²) in [6.45, 7) is 2.31. The number of nitrogens with one attached hydrogen (secondary N) is 1. The number of aromatic nitrogens is 2. The number of aryl methyl sites for hydroxylation is 1. The van der Waals surface area contributed by atoms with E-state index in [4.69, 9.17) is 11.6 Å². The number of nitrogens with zero attached hydrogens (tertiary/aromatic N) is 3. The summed E-state index contributed by atoms with van der Waals surface area (Å²) in [4.78, 5) is 20.2. The number of imidazole rings is 1. The van der Waals surface area contributed by atoms with Crippen LogP contribution in [0.1, 0.15) is 18.3 Å². The second-order valence-electron chi connectivity index (χ2n) is 5.76. The van der Waals surface area contributed by atoms with Crippen molar-refractivity contribution >= 4 is 41.7 Å². The molecule has 1 fully saturated rings. The zero-order valence-electron chi connectivity index (χ0n) is 14.0. The van der Waals surface area contributed by atoms with Gasteiger partial charge in [-0.2, -0.15) is 0 Å². The van der Waals surface area contributed by atoms with Crippen molar-refractivity contribution in [2.45, 2.75) is 17.4 Å². The third kappa shape index (κ3) is 5.14. The van der Waals surface area contributed by atoms with Crippen molar-refractivity contribution in [2.75, 3.05) is 25.4 Å². The van der Waals surface area contributed by atoms with Gasteiger partial charge in [-0.3, -0.25) is 4.79 Å². The van der Waals surface area contributed by atoms with Gasteiger partial charge in [0.05, 0.1) is 0 Å². The maximum Gasteiger partial charge on any atom is 0.224 e. The van der Waals surface area contributed by atoms with E-state index in [-0.39, 0.29) is 24.4 Å². The van der Waals surface area contributed by atoms with Crippen molar-refractivity contribution in [1.82, 2.24) is 19.8 Å². The van der Waals surface area contributed by atoms with Gasteiger partial charge in [-0.05, 0) is 24.3 Å². The Kier molecular flexibility index (Phi) is 7.62. The van der Waals surface area contributed by atoms with Crippen LogP contribution in [-0.2, 0) is 11.8 Å². The lowest BCUT2D eigenvalue weighted by Crippen LogP contribution is -2.49. The monoisotopic (exact) mass is 400 g/mol. The molecule has 1 atom stereocenters. The molecule has 0 saturated carbocycles. The Morgan fingerprint density at radius 2 is 2.16 bits per heavy atom. The van der Waals surface area contributed by atoms with E-state index in [2.05, 4.69) is 10.3 Å². The summed E-state index contributed by atoms with van der Waals surface area (Å²) >= 11 is 7.57. The minimum Gasteiger partial charge on any atom is -0.336 e. The number of benzene rings is 1. The number of hydrogen-bond donors (Lipinski definition) is 1. The quantitative estimate of drug-likeness (QED) is 0.783. The van der Waals surface area contributed by atoms with Crippen LogP contribution >= 0.6 is 35.8 Å². The fraction of sp³-hybridized carbons (Fsp3) is 0.412. The Hall–Kier alpha value is -1.21. The summed E-state index contributed by atoms with van der Waals surface area (Å²) in [7, 11) is 1.97. The number of rotatable bonds is 5. The Bertz CT molecular complexity index is 692. The van der Waals surface area contributed by atoms with Gasteiger partial charge < -0.3 is 14.8 Å². The average Bonchev–Trinajstić information content (AvgIpc) is 3.02. The number of carbonyl (C=O) groups is 1. The van der Waals surface area contributed by atoms with Crippen LogP contribution in [0.2, 0.25) is 5.02 Å². The van der Waals surface area contributed by atoms with Gasteiger partial charge in [-0.25, -0.2) is 4.98 Å². The second kappa shape index (κ2) is 9.48. The third-order valence-electron chi connectivity index (χ3n) is 4.12. The molecule has 2 heterocycles. The fourth-order valence-electron chi connectivity index (χ4n) is 2.86. The van der Waals surface area contributed by atoms with Crippen LogP contribution < -0.4 is 5.32 Å². The number of piperazine rings is 1. The lowest BCUT2D eigenvalue weighted by atomic mass is 10.1. The summed E-state index contributed by atoms with van der Waals surface area (Å²) in [5.41, 5.74) is 0. The lowest BCUT2D eigenvalue weighted by Gasteiger charge is -2.35. The van der Waals surface area contributed by atoms with E-state index in [1.54, 1.807) is 18.0 Å². The smallest absolute Gasteiger partial charge is 0.224 e. The minimum atomic E-state index is 0. The van der Waals surface area contributed by atoms with Gasteiger partial charge in [0.25, 0.3) is 0 Å². The minimum absolute atomic E-state index is 0. The van der Waals surface area contributed by atoms with E-state index in [0.29, 0.717) is 6.42 Å². The first-order chi connectivity index (χ1) is 11.6. The highest BCUT2D eigenvalue weighted by Crippen LogP contribution is 2.24. The zero-order chi connectivity index (χ0) is 16.9. The molecule has 3 rings (SSSR count). The molecule has 1 unspecified atom stereocenters. The standard InChI is InChI=1S/C17H21ClN4OS.ClH/c1-21-9-8-20-17(21)15-12-19-7-10-22(15)16(23)6-11-24-14-4-2-13(18)3-5-14;/h2-5,8-9,15,19H,6-7,10-12H2,1H3;1H. The van der Waals surface area contributed by atoms with Crippen LogP contribution in [0.4, 0.5) is 0 Å². The number of amides is 1. The Morgan fingerprint density at radius 1 is 1.40 bits per heavy atom. The molecule has 1 aromatic carbocycles. The van der Waals surface area contributed by atoms with Gasteiger partial charge in [-0.1, -0.05) is 11.6 Å². The van der Waals surface area contributed by atoms with Gasteiger partial charge >= 0.3 is 0 Å². The van der Waals surface area contributed by atoms with Gasteiger partial charge in [0.1, 0.15) is 11.9 Å². The van der Waals surface area contributed by atoms with Crippen molar-refractivity contribution in [3.8, 4) is 0 Å². The van der Waals surface area contributed by atoms with Crippen LogP contribution in [0.3, 0.4) is 0 Å². The highest BCUT2D eigenvalue weighted by molar-refractivity contribution is 7.99. The average molecular weight is 401 g/mol. The molecule has 0 radical (unpaired) electrons. The number of carbonyl (C=O) groups excluding carboxylic acids is 1. The van der Waals surface area contributed by atoms with Crippen LogP contribution in [0.5, 0.6) is 0 Å². The molecule has 1 amide bonds. The highest BCUT2D eigenvalue weighted by Gasteiger charge is 2.29. The normalized spacial score (nSPS) is 17.2. The van der Waals surface area contributed by atoms with Crippen LogP contribution in [0.15, 0.2) is 41.6 Å². The number of halogens is 2. The topological polar surface area (TPSA) is 50.2 Å². The molecular weight excluding hydrogens is 379 g/mol. The summed E-state index contributed by atoms with van der Waals surface area (Å²) in [5, 5.41) is 4.09. The molecule has 25 heavy (non-hydrogen) atoms. The van der Waals surface area contributed by atoms with Crippen molar-refractivity contribution in [2.24, 2.45) is 7.05 Å². The molecule has 136 valence electrons. The zero-order valence-corrected chi connectivity index (χ0v) is 16.4. The van der Waals surface area contributed by atoms with E-state index in [0.717, 1.165) is 41.1 Å². The molecule has 5 nitrogen and oxygen atoms in total. The number of thioether (sulfide) groups is 1. The first-order valence-corrected chi connectivity index (χ1v) is 9.37. The molecule has 0 bridgehead atoms. The second-order valence-corrected chi connectivity index (χ2v) is 7.36. The van der Waals surface area contributed by atoms with Gasteiger partial charge in [0, 0.05) is 61.2 Å². The molecule has 0 spiro atoms. The first-order valence-electron chi connectivity index (χ1n) is 8.01. The molecule has 0 aliphatic carbocycles. The van der Waals surface area contributed by atoms with E-state index in [9.17, 15) is 4.79 Å². The van der Waals surface area contributed by atoms with E-state index >= 15 is 0 Å².